The minimum absolute atomic E-state index is 0.658. The zero-order chi connectivity index (χ0) is 15.5. The first-order valence-electron chi connectivity index (χ1n) is 7.10. The van der Waals surface area contributed by atoms with Crippen LogP contribution in [0.25, 0.3) is 0 Å². The fourth-order valence-corrected chi connectivity index (χ4v) is 2.89. The van der Waals surface area contributed by atoms with E-state index in [4.69, 9.17) is 23.8 Å². The van der Waals surface area contributed by atoms with E-state index < -0.39 is 0 Å². The largest absolute Gasteiger partial charge is 0.332 e. The molecule has 0 aromatic heterocycles. The van der Waals surface area contributed by atoms with Gasteiger partial charge in [0.05, 0.1) is 6.54 Å². The van der Waals surface area contributed by atoms with Crippen LogP contribution in [0.3, 0.4) is 0 Å². The second kappa shape index (κ2) is 6.46. The molecular weight excluding hydrogens is 314 g/mol. The fraction of sp³-hybridized carbons (Fsp3) is 0.176. The number of hydrogen-bond acceptors (Lipinski definition) is 2. The number of nitrogens with one attached hydrogen (secondary N) is 1. The van der Waals surface area contributed by atoms with E-state index in [-0.39, 0.29) is 0 Å². The fourth-order valence-electron chi connectivity index (χ4n) is 2.42. The molecule has 2 aromatic rings. The van der Waals surface area contributed by atoms with Gasteiger partial charge in [-0.3, -0.25) is 4.99 Å². The lowest BCUT2D eigenvalue weighted by Crippen LogP contribution is -2.38. The van der Waals surface area contributed by atoms with Gasteiger partial charge in [0.25, 0.3) is 0 Å². The van der Waals surface area contributed by atoms with Crippen molar-refractivity contribution in [1.82, 2.24) is 4.90 Å². The van der Waals surface area contributed by atoms with Gasteiger partial charge in [-0.05, 0) is 42.9 Å². The second-order valence-corrected chi connectivity index (χ2v) is 5.94. The number of benzene rings is 2. The Labute approximate surface area is 140 Å². The quantitative estimate of drug-likeness (QED) is 0.840. The van der Waals surface area contributed by atoms with Crippen molar-refractivity contribution in [3.05, 3.63) is 64.7 Å². The molecule has 3 rings (SSSR count). The van der Waals surface area contributed by atoms with Crippen LogP contribution in [0.2, 0.25) is 5.02 Å². The van der Waals surface area contributed by atoms with Gasteiger partial charge in [-0.2, -0.15) is 0 Å². The van der Waals surface area contributed by atoms with Gasteiger partial charge in [-0.1, -0.05) is 41.9 Å². The molecule has 22 heavy (non-hydrogen) atoms. The first kappa shape index (κ1) is 15.0. The Balaban J connectivity index is 1.81. The molecule has 1 aliphatic rings. The van der Waals surface area contributed by atoms with Crippen molar-refractivity contribution in [3.63, 3.8) is 0 Å². The van der Waals surface area contributed by atoms with E-state index >= 15 is 0 Å². The lowest BCUT2D eigenvalue weighted by Gasteiger charge is -2.23. The molecule has 0 unspecified atom stereocenters. The summed E-state index contributed by atoms with van der Waals surface area (Å²) in [6, 6.07) is 15.8. The van der Waals surface area contributed by atoms with Crippen molar-refractivity contribution in [2.75, 3.05) is 18.4 Å². The maximum Gasteiger partial charge on any atom is 0.179 e. The molecular formula is C17H16ClN3S. The van der Waals surface area contributed by atoms with E-state index in [0.717, 1.165) is 35.7 Å². The number of rotatable bonds is 2. The Hall–Kier alpha value is -1.91. The summed E-state index contributed by atoms with van der Waals surface area (Å²) >= 11 is 11.6. The van der Waals surface area contributed by atoms with Crippen LogP contribution in [0.15, 0.2) is 53.5 Å². The van der Waals surface area contributed by atoms with Crippen molar-refractivity contribution in [2.45, 2.75) is 6.92 Å². The molecule has 5 heteroatoms. The number of anilines is 1. The predicted octanol–water partition coefficient (Wildman–Crippen LogP) is 4.11. The van der Waals surface area contributed by atoms with Gasteiger partial charge in [-0.25, -0.2) is 0 Å². The van der Waals surface area contributed by atoms with Crippen LogP contribution >= 0.6 is 23.8 Å². The van der Waals surface area contributed by atoms with E-state index in [1.807, 2.05) is 47.4 Å². The molecule has 0 saturated heterocycles. The number of aliphatic imine (C=N–C) groups is 1. The summed E-state index contributed by atoms with van der Waals surface area (Å²) < 4.78 is 0. The van der Waals surface area contributed by atoms with Gasteiger partial charge in [0.2, 0.25) is 0 Å². The highest BCUT2D eigenvalue weighted by atomic mass is 35.5. The summed E-state index contributed by atoms with van der Waals surface area (Å²) in [4.78, 5) is 6.59. The zero-order valence-corrected chi connectivity index (χ0v) is 13.8. The van der Waals surface area contributed by atoms with E-state index in [0.29, 0.717) is 10.1 Å². The van der Waals surface area contributed by atoms with Crippen molar-refractivity contribution >= 4 is 40.5 Å². The molecule has 0 amide bonds. The number of thiocarbonyl (C=S) groups is 1. The molecule has 2 aromatic carbocycles. The van der Waals surface area contributed by atoms with Crippen LogP contribution < -0.4 is 5.32 Å². The lowest BCUT2D eigenvalue weighted by molar-refractivity contribution is 0.676. The molecule has 3 nitrogen and oxygen atoms in total. The van der Waals surface area contributed by atoms with Crippen molar-refractivity contribution < 1.29 is 0 Å². The average Bonchev–Trinajstić information content (AvgIpc) is 2.99. The van der Waals surface area contributed by atoms with Crippen LogP contribution in [-0.4, -0.2) is 28.9 Å². The highest BCUT2D eigenvalue weighted by molar-refractivity contribution is 7.80. The standard InChI is InChI=1S/C17H16ClN3S/c1-12-5-2-3-8-15(12)20-17(22)21-10-9-19-16(21)13-6-4-7-14(18)11-13/h2-8,11H,9-10H2,1H3,(H,20,22). The minimum Gasteiger partial charge on any atom is -0.332 e. The average molecular weight is 330 g/mol. The Morgan fingerprint density at radius 2 is 2.05 bits per heavy atom. The highest BCUT2D eigenvalue weighted by Gasteiger charge is 2.22. The summed E-state index contributed by atoms with van der Waals surface area (Å²) in [6.07, 6.45) is 0. The van der Waals surface area contributed by atoms with Gasteiger partial charge in [0.15, 0.2) is 5.11 Å². The summed E-state index contributed by atoms with van der Waals surface area (Å²) in [7, 11) is 0. The van der Waals surface area contributed by atoms with Crippen LogP contribution in [0, 0.1) is 6.92 Å². The molecule has 0 spiro atoms. The first-order valence-corrected chi connectivity index (χ1v) is 7.88. The van der Waals surface area contributed by atoms with Gasteiger partial charge < -0.3 is 10.2 Å². The summed E-state index contributed by atoms with van der Waals surface area (Å²) in [5.74, 6) is 0.869. The Morgan fingerprint density at radius 3 is 2.82 bits per heavy atom. The summed E-state index contributed by atoms with van der Waals surface area (Å²) in [5, 5.41) is 4.67. The topological polar surface area (TPSA) is 27.6 Å². The maximum absolute atomic E-state index is 6.08. The third kappa shape index (κ3) is 3.13. The number of amidine groups is 1. The lowest BCUT2D eigenvalue weighted by atomic mass is 10.2. The molecule has 0 bridgehead atoms. The number of aryl methyl sites for hydroxylation is 1. The molecule has 0 fully saturated rings. The molecule has 0 radical (unpaired) electrons. The predicted molar refractivity (Wildman–Crippen MR) is 97.0 cm³/mol. The Kier molecular flexibility index (Phi) is 4.41. The first-order chi connectivity index (χ1) is 10.6. The molecule has 0 aliphatic carbocycles. The number of halogens is 1. The van der Waals surface area contributed by atoms with E-state index in [9.17, 15) is 0 Å². The Bertz CT molecular complexity index is 742. The monoisotopic (exact) mass is 329 g/mol. The van der Waals surface area contributed by atoms with Gasteiger partial charge in [-0.15, -0.1) is 0 Å². The smallest absolute Gasteiger partial charge is 0.179 e. The SMILES string of the molecule is Cc1ccccc1NC(=S)N1CCN=C1c1cccc(Cl)c1. The molecule has 0 atom stereocenters. The molecule has 1 aliphatic heterocycles. The molecule has 1 heterocycles. The van der Waals surface area contributed by atoms with Gasteiger partial charge in [0.1, 0.15) is 5.84 Å². The van der Waals surface area contributed by atoms with Gasteiger partial charge >= 0.3 is 0 Å². The zero-order valence-electron chi connectivity index (χ0n) is 12.2. The minimum atomic E-state index is 0.658. The number of hydrogen-bond donors (Lipinski definition) is 1. The van der Waals surface area contributed by atoms with Crippen LogP contribution in [0.5, 0.6) is 0 Å². The molecule has 0 saturated carbocycles. The molecule has 1 N–H and O–H groups in total. The van der Waals surface area contributed by atoms with Crippen LogP contribution in [-0.2, 0) is 0 Å². The van der Waals surface area contributed by atoms with E-state index in [1.54, 1.807) is 0 Å². The third-order valence-corrected chi connectivity index (χ3v) is 4.11. The summed E-state index contributed by atoms with van der Waals surface area (Å²) in [6.45, 7) is 3.57. The van der Waals surface area contributed by atoms with Crippen molar-refractivity contribution in [2.24, 2.45) is 4.99 Å². The second-order valence-electron chi connectivity index (χ2n) is 5.11. The third-order valence-electron chi connectivity index (χ3n) is 3.56. The van der Waals surface area contributed by atoms with Crippen molar-refractivity contribution in [1.29, 1.82) is 0 Å². The van der Waals surface area contributed by atoms with Crippen LogP contribution in [0.1, 0.15) is 11.1 Å². The maximum atomic E-state index is 6.08. The van der Waals surface area contributed by atoms with E-state index in [2.05, 4.69) is 23.3 Å². The van der Waals surface area contributed by atoms with Crippen LogP contribution in [0.4, 0.5) is 5.69 Å². The normalized spacial score (nSPS) is 13.9. The highest BCUT2D eigenvalue weighted by Crippen LogP contribution is 2.19. The summed E-state index contributed by atoms with van der Waals surface area (Å²) in [5.41, 5.74) is 3.16. The number of para-hydroxylation sites is 1. The van der Waals surface area contributed by atoms with Gasteiger partial charge in [0, 0.05) is 22.8 Å². The number of nitrogens with zero attached hydrogens (tertiary/aromatic N) is 2. The van der Waals surface area contributed by atoms with Crippen molar-refractivity contribution in [3.8, 4) is 0 Å². The van der Waals surface area contributed by atoms with E-state index in [1.165, 1.54) is 0 Å². The Morgan fingerprint density at radius 1 is 1.23 bits per heavy atom. The molecule has 112 valence electrons.